The number of hydrogen-bond acceptors (Lipinski definition) is 3. The molecule has 1 atom stereocenters. The molecule has 3 nitrogen and oxygen atoms in total. The molecule has 1 aliphatic rings. The summed E-state index contributed by atoms with van der Waals surface area (Å²) in [4.78, 5) is 7.25. The van der Waals surface area contributed by atoms with Gasteiger partial charge in [-0.05, 0) is 67.3 Å². The number of pyridine rings is 1. The Balaban J connectivity index is 1.39. The van der Waals surface area contributed by atoms with Crippen LogP contribution in [0.25, 0.3) is 10.9 Å². The summed E-state index contributed by atoms with van der Waals surface area (Å²) in [6.07, 6.45) is 2.28. The second-order valence-electron chi connectivity index (χ2n) is 6.90. The first-order valence-electron chi connectivity index (χ1n) is 8.71. The first kappa shape index (κ1) is 16.4. The van der Waals surface area contributed by atoms with E-state index in [0.717, 1.165) is 47.7 Å². The van der Waals surface area contributed by atoms with E-state index in [1.54, 1.807) is 12.1 Å². The normalized spacial score (nSPS) is 18.0. The maximum absolute atomic E-state index is 9.39. The molecule has 0 radical (unpaired) electrons. The molecule has 128 valence electrons. The average molecular weight is 353 g/mol. The lowest BCUT2D eigenvalue weighted by atomic mass is 9.99. The lowest BCUT2D eigenvalue weighted by Crippen LogP contribution is -2.21. The molecule has 1 aliphatic heterocycles. The van der Waals surface area contributed by atoms with Crippen LogP contribution >= 0.6 is 11.6 Å². The molecule has 2 aromatic carbocycles. The maximum atomic E-state index is 9.39. The van der Waals surface area contributed by atoms with Gasteiger partial charge in [-0.15, -0.1) is 0 Å². The van der Waals surface area contributed by atoms with Gasteiger partial charge in [0.1, 0.15) is 5.75 Å². The van der Waals surface area contributed by atoms with Crippen LogP contribution in [0.3, 0.4) is 0 Å². The van der Waals surface area contributed by atoms with E-state index in [1.807, 2.05) is 30.3 Å². The Kier molecular flexibility index (Phi) is 4.60. The predicted octanol–water partition coefficient (Wildman–Crippen LogP) is 4.66. The van der Waals surface area contributed by atoms with Crippen LogP contribution in [0.2, 0.25) is 5.02 Å². The topological polar surface area (TPSA) is 36.4 Å². The summed E-state index contributed by atoms with van der Waals surface area (Å²) in [5.74, 6) is 1.00. The third-order valence-electron chi connectivity index (χ3n) is 4.93. The minimum Gasteiger partial charge on any atom is -0.508 e. The van der Waals surface area contributed by atoms with Gasteiger partial charge in [-0.3, -0.25) is 9.88 Å². The van der Waals surface area contributed by atoms with Crippen molar-refractivity contribution < 1.29 is 5.11 Å². The van der Waals surface area contributed by atoms with E-state index in [2.05, 4.69) is 17.0 Å². The van der Waals surface area contributed by atoms with Gasteiger partial charge >= 0.3 is 0 Å². The van der Waals surface area contributed by atoms with Crippen LogP contribution < -0.4 is 0 Å². The van der Waals surface area contributed by atoms with Crippen LogP contribution in [-0.4, -0.2) is 28.1 Å². The summed E-state index contributed by atoms with van der Waals surface area (Å²) in [5, 5.41) is 11.2. The fraction of sp³-hybridized carbons (Fsp3) is 0.286. The summed E-state index contributed by atoms with van der Waals surface area (Å²) in [6, 6.07) is 17.6. The SMILES string of the molecule is Oc1ccc(CC2CCN(Cc3ccc4cc(Cl)ccc4n3)C2)cc1. The third-order valence-corrected chi connectivity index (χ3v) is 5.16. The number of likely N-dealkylation sites (tertiary alicyclic amines) is 1. The molecular formula is C21H21ClN2O. The molecule has 1 saturated heterocycles. The van der Waals surface area contributed by atoms with Crippen LogP contribution in [0.4, 0.5) is 0 Å². The van der Waals surface area contributed by atoms with Crippen molar-refractivity contribution in [1.29, 1.82) is 0 Å². The van der Waals surface area contributed by atoms with Gasteiger partial charge in [0.2, 0.25) is 0 Å². The van der Waals surface area contributed by atoms with Gasteiger partial charge in [-0.1, -0.05) is 29.8 Å². The van der Waals surface area contributed by atoms with Crippen molar-refractivity contribution in [2.45, 2.75) is 19.4 Å². The number of aromatic nitrogens is 1. The Bertz CT molecular complexity index is 879. The lowest BCUT2D eigenvalue weighted by Gasteiger charge is -2.16. The Morgan fingerprint density at radius 1 is 1.08 bits per heavy atom. The van der Waals surface area contributed by atoms with Gasteiger partial charge in [0.05, 0.1) is 11.2 Å². The molecular weight excluding hydrogens is 332 g/mol. The maximum Gasteiger partial charge on any atom is 0.115 e. The molecule has 2 heterocycles. The van der Waals surface area contributed by atoms with Gasteiger partial charge in [-0.2, -0.15) is 0 Å². The molecule has 0 spiro atoms. The molecule has 0 amide bonds. The molecule has 4 rings (SSSR count). The highest BCUT2D eigenvalue weighted by Gasteiger charge is 2.23. The number of phenols is 1. The zero-order valence-electron chi connectivity index (χ0n) is 14.0. The van der Waals surface area contributed by atoms with Crippen LogP contribution in [-0.2, 0) is 13.0 Å². The molecule has 0 saturated carbocycles. The van der Waals surface area contributed by atoms with E-state index in [4.69, 9.17) is 16.6 Å². The number of aromatic hydroxyl groups is 1. The molecule has 4 heteroatoms. The molecule has 0 bridgehead atoms. The monoisotopic (exact) mass is 352 g/mol. The highest BCUT2D eigenvalue weighted by molar-refractivity contribution is 6.31. The van der Waals surface area contributed by atoms with Crippen molar-refractivity contribution in [1.82, 2.24) is 9.88 Å². The zero-order chi connectivity index (χ0) is 17.2. The zero-order valence-corrected chi connectivity index (χ0v) is 14.8. The number of hydrogen-bond donors (Lipinski definition) is 1. The van der Waals surface area contributed by atoms with Gasteiger partial charge < -0.3 is 5.11 Å². The second-order valence-corrected chi connectivity index (χ2v) is 7.34. The Labute approximate surface area is 152 Å². The first-order valence-corrected chi connectivity index (χ1v) is 9.09. The number of rotatable bonds is 4. The van der Waals surface area contributed by atoms with Crippen molar-refractivity contribution in [3.63, 3.8) is 0 Å². The molecule has 25 heavy (non-hydrogen) atoms. The van der Waals surface area contributed by atoms with Crippen LogP contribution in [0, 0.1) is 5.92 Å². The number of benzene rings is 2. The van der Waals surface area contributed by atoms with E-state index < -0.39 is 0 Å². The minimum atomic E-state index is 0.334. The van der Waals surface area contributed by atoms with E-state index in [-0.39, 0.29) is 0 Å². The molecule has 1 unspecified atom stereocenters. The van der Waals surface area contributed by atoms with Crippen molar-refractivity contribution in [2.24, 2.45) is 5.92 Å². The third kappa shape index (κ3) is 3.94. The fourth-order valence-electron chi connectivity index (χ4n) is 3.64. The minimum absolute atomic E-state index is 0.334. The smallest absolute Gasteiger partial charge is 0.115 e. The number of phenolic OH excluding ortho intramolecular Hbond substituents is 1. The quantitative estimate of drug-likeness (QED) is 0.742. The van der Waals surface area contributed by atoms with Crippen LogP contribution in [0.15, 0.2) is 54.6 Å². The number of nitrogens with zero attached hydrogens (tertiary/aromatic N) is 2. The van der Waals surface area contributed by atoms with Crippen LogP contribution in [0.1, 0.15) is 17.7 Å². The lowest BCUT2D eigenvalue weighted by molar-refractivity contribution is 0.313. The van der Waals surface area contributed by atoms with E-state index in [0.29, 0.717) is 11.7 Å². The Hall–Kier alpha value is -2.10. The molecule has 1 fully saturated rings. The Morgan fingerprint density at radius 3 is 2.76 bits per heavy atom. The molecule has 0 aliphatic carbocycles. The highest BCUT2D eigenvalue weighted by Crippen LogP contribution is 2.24. The van der Waals surface area contributed by atoms with Gasteiger partial charge in [0.25, 0.3) is 0 Å². The van der Waals surface area contributed by atoms with Crippen LogP contribution in [0.5, 0.6) is 5.75 Å². The standard InChI is InChI=1S/C21H21ClN2O/c22-18-4-8-21-17(12-18)3-5-19(23-21)14-24-10-9-16(13-24)11-15-1-6-20(25)7-2-15/h1-8,12,16,25H,9-11,13-14H2. The molecule has 3 aromatic rings. The van der Waals surface area contributed by atoms with E-state index >= 15 is 0 Å². The van der Waals surface area contributed by atoms with Crippen molar-refractivity contribution in [3.8, 4) is 5.75 Å². The molecule has 1 aromatic heterocycles. The summed E-state index contributed by atoms with van der Waals surface area (Å²) >= 11 is 6.04. The van der Waals surface area contributed by atoms with Crippen molar-refractivity contribution in [3.05, 3.63) is 70.9 Å². The van der Waals surface area contributed by atoms with Crippen molar-refractivity contribution in [2.75, 3.05) is 13.1 Å². The van der Waals surface area contributed by atoms with E-state index in [9.17, 15) is 5.11 Å². The van der Waals surface area contributed by atoms with Crippen molar-refractivity contribution >= 4 is 22.5 Å². The predicted molar refractivity (Wildman–Crippen MR) is 102 cm³/mol. The highest BCUT2D eigenvalue weighted by atomic mass is 35.5. The fourth-order valence-corrected chi connectivity index (χ4v) is 3.82. The Morgan fingerprint density at radius 2 is 1.92 bits per heavy atom. The summed E-state index contributed by atoms with van der Waals surface area (Å²) in [5.41, 5.74) is 3.41. The molecule has 1 N–H and O–H groups in total. The van der Waals surface area contributed by atoms with E-state index in [1.165, 1.54) is 12.0 Å². The van der Waals surface area contributed by atoms with Gasteiger partial charge in [0, 0.05) is 23.5 Å². The van der Waals surface area contributed by atoms with Gasteiger partial charge in [-0.25, -0.2) is 0 Å². The average Bonchev–Trinajstić information content (AvgIpc) is 3.04. The number of halogens is 1. The first-order chi connectivity index (χ1) is 12.2. The number of fused-ring (bicyclic) bond motifs is 1. The summed E-state index contributed by atoms with van der Waals surface area (Å²) in [7, 11) is 0. The summed E-state index contributed by atoms with van der Waals surface area (Å²) in [6.45, 7) is 3.11. The second kappa shape index (κ2) is 7.03. The largest absolute Gasteiger partial charge is 0.508 e. The van der Waals surface area contributed by atoms with Gasteiger partial charge in [0.15, 0.2) is 0 Å². The summed E-state index contributed by atoms with van der Waals surface area (Å²) < 4.78 is 0.